The molecular formula is C18H22N4O3. The largest absolute Gasteiger partial charge is 0.459 e. The fourth-order valence-electron chi connectivity index (χ4n) is 2.77. The second kappa shape index (κ2) is 7.83. The van der Waals surface area contributed by atoms with Crippen LogP contribution >= 0.6 is 0 Å². The molecule has 0 saturated carbocycles. The second-order valence-corrected chi connectivity index (χ2v) is 6.11. The molecule has 2 aromatic heterocycles. The van der Waals surface area contributed by atoms with E-state index in [9.17, 15) is 9.59 Å². The molecule has 25 heavy (non-hydrogen) atoms. The van der Waals surface area contributed by atoms with E-state index < -0.39 is 11.9 Å². The Morgan fingerprint density at radius 2 is 2.12 bits per heavy atom. The van der Waals surface area contributed by atoms with E-state index in [1.54, 1.807) is 25.3 Å². The predicted octanol–water partition coefficient (Wildman–Crippen LogP) is 1.71. The Labute approximate surface area is 146 Å². The summed E-state index contributed by atoms with van der Waals surface area (Å²) in [4.78, 5) is 30.7. The molecule has 3 rings (SSSR count). The first-order valence-corrected chi connectivity index (χ1v) is 8.45. The summed E-state index contributed by atoms with van der Waals surface area (Å²) in [5.74, 6) is 0.472. The monoisotopic (exact) mass is 342 g/mol. The van der Waals surface area contributed by atoms with Gasteiger partial charge in [0, 0.05) is 25.8 Å². The molecule has 3 heterocycles. The number of nitrogens with zero attached hydrogens (tertiary/aromatic N) is 2. The van der Waals surface area contributed by atoms with Crippen molar-refractivity contribution in [1.82, 2.24) is 15.6 Å². The van der Waals surface area contributed by atoms with Crippen molar-refractivity contribution in [2.75, 3.05) is 18.0 Å². The van der Waals surface area contributed by atoms with Gasteiger partial charge in [-0.15, -0.1) is 0 Å². The van der Waals surface area contributed by atoms with E-state index in [1.807, 2.05) is 12.1 Å². The Morgan fingerprint density at radius 3 is 2.84 bits per heavy atom. The third-order valence-corrected chi connectivity index (χ3v) is 4.19. The molecule has 1 aliphatic rings. The highest BCUT2D eigenvalue weighted by atomic mass is 16.3. The summed E-state index contributed by atoms with van der Waals surface area (Å²) < 4.78 is 5.01. The SMILES string of the molecule is C[C@H](NC(=O)c1ccco1)C(=O)NCc1ccnc(N2CCCC2)c1. The summed E-state index contributed by atoms with van der Waals surface area (Å²) in [7, 11) is 0. The van der Waals surface area contributed by atoms with Crippen LogP contribution < -0.4 is 15.5 Å². The van der Waals surface area contributed by atoms with E-state index in [0.29, 0.717) is 6.54 Å². The number of rotatable bonds is 6. The highest BCUT2D eigenvalue weighted by Crippen LogP contribution is 2.18. The summed E-state index contributed by atoms with van der Waals surface area (Å²) in [6.07, 6.45) is 5.56. The second-order valence-electron chi connectivity index (χ2n) is 6.11. The van der Waals surface area contributed by atoms with E-state index in [4.69, 9.17) is 4.42 Å². The van der Waals surface area contributed by atoms with Crippen LogP contribution in [-0.4, -0.2) is 35.9 Å². The van der Waals surface area contributed by atoms with Crippen LogP contribution in [0.1, 0.15) is 35.9 Å². The van der Waals surface area contributed by atoms with Gasteiger partial charge in [-0.1, -0.05) is 0 Å². The Morgan fingerprint density at radius 1 is 1.32 bits per heavy atom. The minimum atomic E-state index is -0.655. The molecule has 2 amide bonds. The average Bonchev–Trinajstić information content (AvgIpc) is 3.33. The molecule has 7 heteroatoms. The molecule has 1 atom stereocenters. The van der Waals surface area contributed by atoms with E-state index in [2.05, 4.69) is 20.5 Å². The lowest BCUT2D eigenvalue weighted by Gasteiger charge is -2.17. The van der Waals surface area contributed by atoms with Crippen LogP contribution in [0.15, 0.2) is 41.1 Å². The van der Waals surface area contributed by atoms with Gasteiger partial charge in [0.2, 0.25) is 5.91 Å². The lowest BCUT2D eigenvalue weighted by atomic mass is 10.2. The summed E-state index contributed by atoms with van der Waals surface area (Å²) in [6, 6.07) is 6.40. The van der Waals surface area contributed by atoms with E-state index in [1.165, 1.54) is 19.1 Å². The molecule has 0 aromatic carbocycles. The molecule has 0 radical (unpaired) electrons. The normalized spacial score (nSPS) is 15.0. The van der Waals surface area contributed by atoms with Crippen LogP contribution in [0.4, 0.5) is 5.82 Å². The van der Waals surface area contributed by atoms with Crippen LogP contribution in [0.5, 0.6) is 0 Å². The van der Waals surface area contributed by atoms with Gasteiger partial charge in [-0.05, 0) is 49.6 Å². The number of pyridine rings is 1. The van der Waals surface area contributed by atoms with E-state index in [0.717, 1.165) is 24.5 Å². The molecule has 1 aliphatic heterocycles. The number of amides is 2. The van der Waals surface area contributed by atoms with Gasteiger partial charge < -0.3 is 20.0 Å². The molecule has 0 unspecified atom stereocenters. The fourth-order valence-corrected chi connectivity index (χ4v) is 2.77. The Kier molecular flexibility index (Phi) is 5.33. The van der Waals surface area contributed by atoms with Crippen LogP contribution in [0.25, 0.3) is 0 Å². The molecule has 1 fully saturated rings. The number of anilines is 1. The van der Waals surface area contributed by atoms with E-state index >= 15 is 0 Å². The zero-order valence-corrected chi connectivity index (χ0v) is 14.2. The number of hydrogen-bond donors (Lipinski definition) is 2. The van der Waals surface area contributed by atoms with Crippen LogP contribution in [0.3, 0.4) is 0 Å². The van der Waals surface area contributed by atoms with Gasteiger partial charge >= 0.3 is 0 Å². The molecule has 0 aliphatic carbocycles. The van der Waals surface area contributed by atoms with Crippen LogP contribution in [0.2, 0.25) is 0 Å². The summed E-state index contributed by atoms with van der Waals surface area (Å²) in [5.41, 5.74) is 0.981. The zero-order valence-electron chi connectivity index (χ0n) is 14.2. The Balaban J connectivity index is 1.51. The third-order valence-electron chi connectivity index (χ3n) is 4.19. The lowest BCUT2D eigenvalue weighted by molar-refractivity contribution is -0.122. The van der Waals surface area contributed by atoms with Crippen molar-refractivity contribution in [2.24, 2.45) is 0 Å². The summed E-state index contributed by atoms with van der Waals surface area (Å²) in [6.45, 7) is 4.08. The summed E-state index contributed by atoms with van der Waals surface area (Å²) >= 11 is 0. The maximum Gasteiger partial charge on any atom is 0.287 e. The van der Waals surface area contributed by atoms with Crippen molar-refractivity contribution < 1.29 is 14.0 Å². The molecule has 2 N–H and O–H groups in total. The molecule has 132 valence electrons. The van der Waals surface area contributed by atoms with Crippen molar-refractivity contribution in [2.45, 2.75) is 32.4 Å². The van der Waals surface area contributed by atoms with Crippen molar-refractivity contribution >= 4 is 17.6 Å². The standard InChI is InChI=1S/C18H22N4O3/c1-13(21-18(24)15-5-4-10-25-15)17(23)20-12-14-6-7-19-16(11-14)22-8-2-3-9-22/h4-7,10-11,13H,2-3,8-9,12H2,1H3,(H,20,23)(H,21,24)/t13-/m0/s1. The molecule has 0 bridgehead atoms. The van der Waals surface area contributed by atoms with Gasteiger partial charge in [0.25, 0.3) is 5.91 Å². The van der Waals surface area contributed by atoms with Gasteiger partial charge in [-0.2, -0.15) is 0 Å². The number of hydrogen-bond acceptors (Lipinski definition) is 5. The third kappa shape index (κ3) is 4.37. The van der Waals surface area contributed by atoms with Crippen molar-refractivity contribution in [3.63, 3.8) is 0 Å². The first kappa shape index (κ1) is 17.0. The van der Waals surface area contributed by atoms with Gasteiger partial charge in [0.1, 0.15) is 11.9 Å². The Bertz CT molecular complexity index is 724. The highest BCUT2D eigenvalue weighted by Gasteiger charge is 2.18. The number of aromatic nitrogens is 1. The zero-order chi connectivity index (χ0) is 17.6. The molecule has 7 nitrogen and oxygen atoms in total. The van der Waals surface area contributed by atoms with Crippen molar-refractivity contribution in [3.05, 3.63) is 48.0 Å². The topological polar surface area (TPSA) is 87.5 Å². The maximum absolute atomic E-state index is 12.2. The van der Waals surface area contributed by atoms with E-state index in [-0.39, 0.29) is 11.7 Å². The van der Waals surface area contributed by atoms with Gasteiger partial charge in [0.15, 0.2) is 5.76 Å². The number of furan rings is 1. The number of nitrogens with one attached hydrogen (secondary N) is 2. The molecule has 2 aromatic rings. The maximum atomic E-state index is 12.2. The predicted molar refractivity (Wildman–Crippen MR) is 93.2 cm³/mol. The van der Waals surface area contributed by atoms with Gasteiger partial charge in [0.05, 0.1) is 6.26 Å². The number of carbonyl (C=O) groups excluding carboxylic acids is 2. The highest BCUT2D eigenvalue weighted by molar-refractivity contribution is 5.95. The smallest absolute Gasteiger partial charge is 0.287 e. The molecule has 0 spiro atoms. The Hall–Kier alpha value is -2.83. The lowest BCUT2D eigenvalue weighted by Crippen LogP contribution is -2.44. The molecule has 1 saturated heterocycles. The van der Waals surface area contributed by atoms with Crippen molar-refractivity contribution in [1.29, 1.82) is 0 Å². The summed E-state index contributed by atoms with van der Waals surface area (Å²) in [5, 5.41) is 5.45. The first-order chi connectivity index (χ1) is 12.1. The van der Waals surface area contributed by atoms with Crippen LogP contribution in [-0.2, 0) is 11.3 Å². The fraction of sp³-hybridized carbons (Fsp3) is 0.389. The minimum Gasteiger partial charge on any atom is -0.459 e. The minimum absolute atomic E-state index is 0.184. The average molecular weight is 342 g/mol. The van der Waals surface area contributed by atoms with Crippen molar-refractivity contribution in [3.8, 4) is 0 Å². The first-order valence-electron chi connectivity index (χ1n) is 8.45. The van der Waals surface area contributed by atoms with Gasteiger partial charge in [-0.25, -0.2) is 4.98 Å². The van der Waals surface area contributed by atoms with Crippen LogP contribution in [0, 0.1) is 0 Å². The molecular weight excluding hydrogens is 320 g/mol. The number of carbonyl (C=O) groups is 2. The quantitative estimate of drug-likeness (QED) is 0.834. The van der Waals surface area contributed by atoms with Gasteiger partial charge in [-0.3, -0.25) is 9.59 Å².